The van der Waals surface area contributed by atoms with Crippen molar-refractivity contribution in [2.75, 3.05) is 23.7 Å². The molecule has 1 aliphatic rings. The zero-order valence-corrected chi connectivity index (χ0v) is 18.3. The highest BCUT2D eigenvalue weighted by Gasteiger charge is 2.25. The minimum atomic E-state index is -0.971. The number of nitrogens with one attached hydrogen (secondary N) is 3. The van der Waals surface area contributed by atoms with Crippen molar-refractivity contribution in [2.24, 2.45) is 0 Å². The summed E-state index contributed by atoms with van der Waals surface area (Å²) in [6.07, 6.45) is 6.89. The number of likely N-dealkylation sites (tertiary alicyclic amines) is 1. The molecule has 8 heteroatoms. The Balaban J connectivity index is 1.53. The lowest BCUT2D eigenvalue weighted by atomic mass is 9.89. The highest BCUT2D eigenvalue weighted by Crippen LogP contribution is 2.32. The molecule has 31 heavy (non-hydrogen) atoms. The van der Waals surface area contributed by atoms with E-state index in [9.17, 15) is 9.59 Å². The fraction of sp³-hybridized carbons (Fsp3) is 0.304. The molecule has 0 saturated carbocycles. The number of halogens is 2. The average molecular weight is 458 g/mol. The van der Waals surface area contributed by atoms with Gasteiger partial charge >= 0.3 is 6.03 Å². The van der Waals surface area contributed by atoms with Crippen LogP contribution in [-0.2, 0) is 4.79 Å². The number of para-hydroxylation sites is 1. The maximum atomic E-state index is 12.6. The molecule has 1 radical (unpaired) electrons. The fourth-order valence-electron chi connectivity index (χ4n) is 3.50. The zero-order chi connectivity index (χ0) is 22.4. The quantitative estimate of drug-likeness (QED) is 0.617. The van der Waals surface area contributed by atoms with E-state index in [0.29, 0.717) is 40.4 Å². The first kappa shape index (κ1) is 23.0. The van der Waals surface area contributed by atoms with Gasteiger partial charge in [-0.1, -0.05) is 41.4 Å². The average Bonchev–Trinajstić information content (AvgIpc) is 2.77. The summed E-state index contributed by atoms with van der Waals surface area (Å²) >= 11 is 12.3. The number of nitrogens with zero attached hydrogens (tertiary/aromatic N) is 1. The van der Waals surface area contributed by atoms with Crippen LogP contribution in [0.4, 0.5) is 16.2 Å². The van der Waals surface area contributed by atoms with Crippen LogP contribution in [0.15, 0.2) is 42.5 Å². The number of piperidine rings is 1. The van der Waals surface area contributed by atoms with Crippen molar-refractivity contribution in [3.8, 4) is 12.3 Å². The molecule has 0 spiro atoms. The molecular formula is C23H23Cl2N4O2. The summed E-state index contributed by atoms with van der Waals surface area (Å²) in [4.78, 5) is 26.3. The first-order valence-corrected chi connectivity index (χ1v) is 10.7. The SMILES string of the molecule is C#CCC([NH])C(=O)Nc1ccc(C2CCN(C(=O)Nc3c(Cl)cccc3Cl)CC2)cc1. The van der Waals surface area contributed by atoms with Gasteiger partial charge in [-0.25, -0.2) is 10.5 Å². The third-order valence-electron chi connectivity index (χ3n) is 5.26. The van der Waals surface area contributed by atoms with Gasteiger partial charge in [0.15, 0.2) is 0 Å². The smallest absolute Gasteiger partial charge is 0.321 e. The van der Waals surface area contributed by atoms with Gasteiger partial charge in [-0.3, -0.25) is 4.79 Å². The molecule has 0 aromatic heterocycles. The van der Waals surface area contributed by atoms with Crippen LogP contribution in [0.1, 0.15) is 30.7 Å². The van der Waals surface area contributed by atoms with Gasteiger partial charge in [0.1, 0.15) is 6.04 Å². The van der Waals surface area contributed by atoms with Crippen LogP contribution in [-0.4, -0.2) is 36.0 Å². The van der Waals surface area contributed by atoms with Crippen molar-refractivity contribution < 1.29 is 9.59 Å². The number of hydrogen-bond donors (Lipinski definition) is 2. The maximum Gasteiger partial charge on any atom is 0.321 e. The van der Waals surface area contributed by atoms with Gasteiger partial charge in [0.05, 0.1) is 15.7 Å². The van der Waals surface area contributed by atoms with Crippen molar-refractivity contribution in [2.45, 2.75) is 31.2 Å². The van der Waals surface area contributed by atoms with E-state index in [1.54, 1.807) is 23.1 Å². The molecule has 2 aromatic rings. The molecule has 1 heterocycles. The molecule has 1 saturated heterocycles. The van der Waals surface area contributed by atoms with Gasteiger partial charge in [0, 0.05) is 25.2 Å². The summed E-state index contributed by atoms with van der Waals surface area (Å²) in [6.45, 7) is 1.23. The van der Waals surface area contributed by atoms with Gasteiger partial charge in [-0.05, 0) is 48.6 Å². The molecule has 3 rings (SSSR count). The molecule has 1 aliphatic heterocycles. The topological polar surface area (TPSA) is 85.2 Å². The second kappa shape index (κ2) is 10.5. The van der Waals surface area contributed by atoms with Crippen molar-refractivity contribution in [3.63, 3.8) is 0 Å². The highest BCUT2D eigenvalue weighted by atomic mass is 35.5. The number of benzene rings is 2. The number of anilines is 2. The van der Waals surface area contributed by atoms with Crippen LogP contribution in [0.3, 0.4) is 0 Å². The summed E-state index contributed by atoms with van der Waals surface area (Å²) in [5.41, 5.74) is 9.88. The lowest BCUT2D eigenvalue weighted by Gasteiger charge is -2.32. The van der Waals surface area contributed by atoms with Crippen molar-refractivity contribution in [1.29, 1.82) is 0 Å². The first-order chi connectivity index (χ1) is 14.9. The number of carbonyl (C=O) groups is 2. The second-order valence-corrected chi connectivity index (χ2v) is 8.17. The van der Waals surface area contributed by atoms with E-state index in [1.807, 2.05) is 24.3 Å². The fourth-order valence-corrected chi connectivity index (χ4v) is 3.99. The Hall–Kier alpha value is -2.72. The molecule has 161 valence electrons. The molecule has 3 amide bonds. The van der Waals surface area contributed by atoms with Crippen molar-refractivity contribution in [3.05, 3.63) is 58.1 Å². The summed E-state index contributed by atoms with van der Waals surface area (Å²) in [7, 11) is 0. The summed E-state index contributed by atoms with van der Waals surface area (Å²) in [5.74, 6) is 2.23. The van der Waals surface area contributed by atoms with Crippen molar-refractivity contribution >= 4 is 46.5 Å². The second-order valence-electron chi connectivity index (χ2n) is 7.36. The van der Waals surface area contributed by atoms with E-state index in [-0.39, 0.29) is 12.5 Å². The third-order valence-corrected chi connectivity index (χ3v) is 5.89. The molecule has 0 aliphatic carbocycles. The Labute approximate surface area is 192 Å². The molecule has 1 fully saturated rings. The third kappa shape index (κ3) is 5.92. The number of carbonyl (C=O) groups excluding carboxylic acids is 2. The van der Waals surface area contributed by atoms with E-state index in [0.717, 1.165) is 18.4 Å². The minimum Gasteiger partial charge on any atom is -0.325 e. The van der Waals surface area contributed by atoms with Gasteiger partial charge < -0.3 is 15.5 Å². The van der Waals surface area contributed by atoms with Crippen LogP contribution in [0.2, 0.25) is 10.0 Å². The molecular weight excluding hydrogens is 435 g/mol. The monoisotopic (exact) mass is 457 g/mol. The number of terminal acetylenes is 1. The first-order valence-electron chi connectivity index (χ1n) is 9.94. The minimum absolute atomic E-state index is 0.0821. The Morgan fingerprint density at radius 3 is 2.29 bits per heavy atom. The predicted molar refractivity (Wildman–Crippen MR) is 124 cm³/mol. The lowest BCUT2D eigenvalue weighted by Crippen LogP contribution is -2.40. The Kier molecular flexibility index (Phi) is 7.80. The van der Waals surface area contributed by atoms with E-state index in [1.165, 1.54) is 0 Å². The molecule has 1 atom stereocenters. The maximum absolute atomic E-state index is 12.6. The number of rotatable bonds is 5. The van der Waals surface area contributed by atoms with Gasteiger partial charge in [-0.2, -0.15) is 0 Å². The Morgan fingerprint density at radius 2 is 1.71 bits per heavy atom. The van der Waals surface area contributed by atoms with Gasteiger partial charge in [0.2, 0.25) is 5.91 Å². The summed E-state index contributed by atoms with van der Waals surface area (Å²) < 4.78 is 0. The molecule has 0 bridgehead atoms. The van der Waals surface area contributed by atoms with Crippen LogP contribution in [0.5, 0.6) is 0 Å². The lowest BCUT2D eigenvalue weighted by molar-refractivity contribution is -0.117. The molecule has 6 nitrogen and oxygen atoms in total. The van der Waals surface area contributed by atoms with E-state index in [2.05, 4.69) is 16.6 Å². The molecule has 2 aromatic carbocycles. The predicted octanol–water partition coefficient (Wildman–Crippen LogP) is 5.02. The number of amides is 3. The van der Waals surface area contributed by atoms with Crippen LogP contribution in [0, 0.1) is 12.3 Å². The number of hydrogen-bond acceptors (Lipinski definition) is 2. The van der Waals surface area contributed by atoms with E-state index >= 15 is 0 Å². The Bertz CT molecular complexity index is 960. The zero-order valence-electron chi connectivity index (χ0n) is 16.8. The van der Waals surface area contributed by atoms with Crippen LogP contribution >= 0.6 is 23.2 Å². The van der Waals surface area contributed by atoms with Gasteiger partial charge in [-0.15, -0.1) is 12.3 Å². The Morgan fingerprint density at radius 1 is 1.10 bits per heavy atom. The number of urea groups is 1. The van der Waals surface area contributed by atoms with Crippen LogP contribution < -0.4 is 16.4 Å². The molecule has 1 unspecified atom stereocenters. The van der Waals surface area contributed by atoms with E-state index < -0.39 is 11.9 Å². The summed E-state index contributed by atoms with van der Waals surface area (Å²) in [5, 5.41) is 6.31. The van der Waals surface area contributed by atoms with Crippen molar-refractivity contribution in [1.82, 2.24) is 10.6 Å². The molecule has 3 N–H and O–H groups in total. The van der Waals surface area contributed by atoms with Crippen LogP contribution in [0.25, 0.3) is 0 Å². The van der Waals surface area contributed by atoms with E-state index in [4.69, 9.17) is 35.4 Å². The largest absolute Gasteiger partial charge is 0.325 e. The highest BCUT2D eigenvalue weighted by molar-refractivity contribution is 6.39. The van der Waals surface area contributed by atoms with Gasteiger partial charge in [0.25, 0.3) is 0 Å². The summed E-state index contributed by atoms with van der Waals surface area (Å²) in [6, 6.07) is 11.5. The normalized spacial score (nSPS) is 15.1. The standard InChI is InChI=1S/C23H23Cl2N4O2/c1-2-4-20(26)22(30)27-17-9-7-15(8-10-17)16-11-13-29(14-12-16)23(31)28-21-18(24)5-3-6-19(21)25/h1,3,5-10,16,20,26H,4,11-14H2,(H,27,30)(H,28,31).